The van der Waals surface area contributed by atoms with Gasteiger partial charge >= 0.3 is 6.09 Å². The number of hydrogen-bond acceptors (Lipinski definition) is 10. The lowest BCUT2D eigenvalue weighted by Crippen LogP contribution is -2.41. The molecule has 2 atom stereocenters. The average Bonchev–Trinajstić information content (AvgIpc) is 3.38. The van der Waals surface area contributed by atoms with Crippen molar-refractivity contribution >= 4 is 33.7 Å². The molecule has 0 unspecified atom stereocenters. The number of amides is 2. The van der Waals surface area contributed by atoms with E-state index in [4.69, 9.17) is 14.7 Å². The van der Waals surface area contributed by atoms with E-state index in [0.717, 1.165) is 49.1 Å². The quantitative estimate of drug-likeness (QED) is 0.284. The van der Waals surface area contributed by atoms with E-state index in [1.54, 1.807) is 29.2 Å². The van der Waals surface area contributed by atoms with Crippen molar-refractivity contribution in [2.24, 2.45) is 5.92 Å². The molecule has 12 nitrogen and oxygen atoms in total. The van der Waals surface area contributed by atoms with E-state index in [0.29, 0.717) is 31.3 Å². The highest BCUT2D eigenvalue weighted by Crippen LogP contribution is 2.41. The number of sulfonamides is 1. The minimum Gasteiger partial charge on any atom is -0.444 e. The Kier molecular flexibility index (Phi) is 10.1. The Morgan fingerprint density at radius 3 is 2.38 bits per heavy atom. The van der Waals surface area contributed by atoms with Crippen LogP contribution in [0.4, 0.5) is 16.4 Å². The Bertz CT molecular complexity index is 1930. The van der Waals surface area contributed by atoms with Gasteiger partial charge in [0.2, 0.25) is 0 Å². The fourth-order valence-corrected chi connectivity index (χ4v) is 8.52. The van der Waals surface area contributed by atoms with Gasteiger partial charge in [-0.15, -0.1) is 0 Å². The van der Waals surface area contributed by atoms with Gasteiger partial charge in [-0.05, 0) is 121 Å². The zero-order chi connectivity index (χ0) is 37.6. The molecule has 6 heterocycles. The summed E-state index contributed by atoms with van der Waals surface area (Å²) in [5.41, 5.74) is 1.88. The minimum atomic E-state index is -4.33. The number of nitrogens with one attached hydrogen (secondary N) is 2. The number of carbonyl (C=O) groups is 2. The van der Waals surface area contributed by atoms with Gasteiger partial charge in [-0.1, -0.05) is 26.8 Å². The summed E-state index contributed by atoms with van der Waals surface area (Å²) in [4.78, 5) is 44.7. The van der Waals surface area contributed by atoms with Crippen molar-refractivity contribution in [3.05, 3.63) is 71.2 Å². The third-order valence-electron chi connectivity index (χ3n) is 10.3. The molecule has 2 saturated heterocycles. The third kappa shape index (κ3) is 8.35. The molecule has 280 valence electrons. The Labute approximate surface area is 308 Å². The molecule has 0 spiro atoms. The van der Waals surface area contributed by atoms with Crippen molar-refractivity contribution in [2.75, 3.05) is 29.9 Å². The number of nitrogens with zero attached hydrogens (tertiary/aromatic N) is 5. The van der Waals surface area contributed by atoms with Gasteiger partial charge in [0, 0.05) is 42.5 Å². The van der Waals surface area contributed by atoms with Gasteiger partial charge in [-0.25, -0.2) is 19.5 Å². The van der Waals surface area contributed by atoms with E-state index in [9.17, 15) is 18.0 Å². The maximum absolute atomic E-state index is 13.8. The van der Waals surface area contributed by atoms with Gasteiger partial charge < -0.3 is 19.9 Å². The van der Waals surface area contributed by atoms with Crippen LogP contribution in [0.3, 0.4) is 0 Å². The van der Waals surface area contributed by atoms with Crippen LogP contribution in [-0.4, -0.2) is 71.0 Å². The van der Waals surface area contributed by atoms with Crippen molar-refractivity contribution in [1.29, 1.82) is 0 Å². The van der Waals surface area contributed by atoms with Gasteiger partial charge in [0.05, 0.1) is 17.3 Å². The van der Waals surface area contributed by atoms with Crippen molar-refractivity contribution in [1.82, 2.24) is 24.6 Å². The molecule has 6 rings (SSSR count). The number of carbonyl (C=O) groups excluding carboxylic acids is 2. The number of piperidine rings is 1. The molecule has 0 radical (unpaired) electrons. The number of hydrogen-bond donors (Lipinski definition) is 2. The van der Waals surface area contributed by atoms with Crippen LogP contribution in [0.25, 0.3) is 0 Å². The number of anilines is 2. The molecule has 3 aliphatic heterocycles. The lowest BCUT2D eigenvalue weighted by atomic mass is 9.88. The summed E-state index contributed by atoms with van der Waals surface area (Å²) in [6, 6.07) is 12.2. The maximum Gasteiger partial charge on any atom is 0.410 e. The molecule has 3 aliphatic rings. The SMILES string of the molecule is CC(C)(C)OC(=O)N1CCC(c2ccnc([C@@H]3CC[C@@H]4CN(c5nc(C(C)(C)C)ccc5C(=O)NS(=O)(=O)c5cccc(n5)N3)C(C)(C)C4)c2)CC1. The molecule has 3 aromatic rings. The number of ether oxygens (including phenoxy) is 1. The highest BCUT2D eigenvalue weighted by atomic mass is 32.2. The van der Waals surface area contributed by atoms with E-state index in [1.165, 1.54) is 6.07 Å². The van der Waals surface area contributed by atoms with Gasteiger partial charge in [0.15, 0.2) is 5.03 Å². The lowest BCUT2D eigenvalue weighted by Gasteiger charge is -2.34. The average molecular weight is 732 g/mol. The molecule has 3 aromatic heterocycles. The molecule has 2 fully saturated rings. The first-order chi connectivity index (χ1) is 24.3. The first kappa shape index (κ1) is 37.5. The number of likely N-dealkylation sites (tertiary alicyclic amines) is 1. The predicted octanol–water partition coefficient (Wildman–Crippen LogP) is 6.95. The summed E-state index contributed by atoms with van der Waals surface area (Å²) < 4.78 is 35.2. The molecular weight excluding hydrogens is 679 g/mol. The van der Waals surface area contributed by atoms with Crippen LogP contribution in [0.2, 0.25) is 0 Å². The fraction of sp³-hybridized carbons (Fsp3) is 0.564. The van der Waals surface area contributed by atoms with Crippen LogP contribution in [-0.2, 0) is 20.2 Å². The Balaban J connectivity index is 1.32. The zero-order valence-corrected chi connectivity index (χ0v) is 32.5. The standard InChI is InChI=1S/C39H53N7O5S/c1-37(2,3)31-15-13-28-34(42-31)46-24-25(23-39(46,7)8)12-14-29(41-32-10-9-11-33(43-32)52(49,50)44-35(28)47)30-22-27(16-19-40-30)26-17-20-45(21-18-26)36(48)51-38(4,5)6/h9-11,13,15-16,19,22,25-26,29H,12,14,17-18,20-21,23-24H2,1-8H3,(H,41,43)(H,44,47)/t25-,29-/m0/s1. The van der Waals surface area contributed by atoms with Gasteiger partial charge in [0.25, 0.3) is 15.9 Å². The van der Waals surface area contributed by atoms with E-state index >= 15 is 0 Å². The summed E-state index contributed by atoms with van der Waals surface area (Å²) in [5, 5.41) is 3.24. The molecule has 2 amide bonds. The van der Waals surface area contributed by atoms with Gasteiger partial charge in [-0.2, -0.15) is 8.42 Å². The second kappa shape index (κ2) is 13.9. The monoisotopic (exact) mass is 731 g/mol. The first-order valence-electron chi connectivity index (χ1n) is 18.3. The van der Waals surface area contributed by atoms with E-state index in [2.05, 4.69) is 60.6 Å². The molecule has 2 N–H and O–H groups in total. The fourth-order valence-electron chi connectivity index (χ4n) is 7.58. The van der Waals surface area contributed by atoms with Crippen LogP contribution < -0.4 is 14.9 Å². The smallest absolute Gasteiger partial charge is 0.410 e. The summed E-state index contributed by atoms with van der Waals surface area (Å²) in [7, 11) is -4.33. The molecule has 52 heavy (non-hydrogen) atoms. The van der Waals surface area contributed by atoms with E-state index in [-0.39, 0.29) is 45.5 Å². The first-order valence-corrected chi connectivity index (χ1v) is 19.8. The van der Waals surface area contributed by atoms with Crippen LogP contribution in [0.1, 0.15) is 127 Å². The topological polar surface area (TPSA) is 147 Å². The Morgan fingerprint density at radius 1 is 0.962 bits per heavy atom. The minimum absolute atomic E-state index is 0.213. The summed E-state index contributed by atoms with van der Waals surface area (Å²) >= 11 is 0. The van der Waals surface area contributed by atoms with E-state index in [1.807, 2.05) is 33.0 Å². The van der Waals surface area contributed by atoms with Crippen LogP contribution in [0, 0.1) is 5.92 Å². The predicted molar refractivity (Wildman–Crippen MR) is 201 cm³/mol. The number of fused-ring (bicyclic) bond motifs is 6. The van der Waals surface area contributed by atoms with E-state index < -0.39 is 21.5 Å². The molecule has 0 saturated carbocycles. The molecule has 4 bridgehead atoms. The van der Waals surface area contributed by atoms with Crippen LogP contribution in [0.5, 0.6) is 0 Å². The van der Waals surface area contributed by atoms with Crippen molar-refractivity contribution in [2.45, 2.75) is 121 Å². The summed E-state index contributed by atoms with van der Waals surface area (Å²) in [6.07, 6.45) is 5.64. The Morgan fingerprint density at radius 2 is 1.69 bits per heavy atom. The van der Waals surface area contributed by atoms with Gasteiger partial charge in [0.1, 0.15) is 17.2 Å². The lowest BCUT2D eigenvalue weighted by molar-refractivity contribution is 0.0204. The third-order valence-corrected chi connectivity index (χ3v) is 11.5. The zero-order valence-electron chi connectivity index (χ0n) is 31.7. The summed E-state index contributed by atoms with van der Waals surface area (Å²) in [6.45, 7) is 18.0. The number of pyridine rings is 3. The number of aromatic nitrogens is 3. The second-order valence-electron chi connectivity index (χ2n) is 17.1. The maximum atomic E-state index is 13.8. The highest BCUT2D eigenvalue weighted by Gasteiger charge is 2.42. The Hall–Kier alpha value is -4.26. The second-order valence-corrected chi connectivity index (χ2v) is 18.8. The molecule has 0 aliphatic carbocycles. The summed E-state index contributed by atoms with van der Waals surface area (Å²) in [5.74, 6) is 0.661. The molecular formula is C39H53N7O5S. The van der Waals surface area contributed by atoms with Crippen LogP contribution in [0.15, 0.2) is 53.7 Å². The normalized spacial score (nSPS) is 22.3. The van der Waals surface area contributed by atoms with Crippen molar-refractivity contribution < 1.29 is 22.7 Å². The largest absolute Gasteiger partial charge is 0.444 e. The highest BCUT2D eigenvalue weighted by molar-refractivity contribution is 7.90. The van der Waals surface area contributed by atoms with Crippen molar-refractivity contribution in [3.63, 3.8) is 0 Å². The van der Waals surface area contributed by atoms with Crippen molar-refractivity contribution in [3.8, 4) is 0 Å². The molecule has 0 aromatic carbocycles. The molecule has 13 heteroatoms. The van der Waals surface area contributed by atoms with Crippen LogP contribution >= 0.6 is 0 Å². The number of rotatable bonds is 2. The van der Waals surface area contributed by atoms with Gasteiger partial charge in [-0.3, -0.25) is 9.78 Å².